The van der Waals surface area contributed by atoms with Crippen LogP contribution < -0.4 is 10.6 Å². The number of nitrogens with zero attached hydrogens (tertiary/aromatic N) is 1. The molecule has 0 heterocycles. The number of carboxylic acids is 1. The van der Waals surface area contributed by atoms with Crippen LogP contribution in [0.2, 0.25) is 0 Å². The van der Waals surface area contributed by atoms with Gasteiger partial charge in [-0.25, -0.2) is 9.59 Å². The van der Waals surface area contributed by atoms with Crippen LogP contribution in [0.4, 0.5) is 4.79 Å². The second-order valence-electron chi connectivity index (χ2n) is 11.3. The SMILES string of the molecule is CN(Cc1ccccc1)CC(NC(=O)CC1(NC(=O)OCC2c3ccccc3-c3ccccc32)CCCC1)C(=O)O. The second kappa shape index (κ2) is 12.6. The monoisotopic (exact) mass is 555 g/mol. The fourth-order valence-electron chi connectivity index (χ4n) is 6.26. The standard InChI is InChI=1S/C33H37N3O5/c1-36(20-23-11-3-2-4-12-23)21-29(31(38)39)34-30(37)19-33(17-9-10-18-33)35-32(40)41-22-28-26-15-7-5-13-24(26)25-14-6-8-16-27(25)28/h2-8,11-16,28-29H,9-10,17-22H2,1H3,(H,34,37)(H,35,40)(H,38,39). The van der Waals surface area contributed by atoms with Crippen molar-refractivity contribution >= 4 is 18.0 Å². The Morgan fingerprint density at radius 1 is 0.927 bits per heavy atom. The third-order valence-electron chi connectivity index (χ3n) is 8.19. The molecule has 8 heteroatoms. The molecule has 0 spiro atoms. The Labute approximate surface area is 240 Å². The van der Waals surface area contributed by atoms with E-state index in [2.05, 4.69) is 34.9 Å². The Balaban J connectivity index is 1.18. The van der Waals surface area contributed by atoms with Crippen LogP contribution in [0.5, 0.6) is 0 Å². The molecule has 2 aliphatic rings. The number of ether oxygens (including phenoxy) is 1. The fourth-order valence-corrected chi connectivity index (χ4v) is 6.26. The van der Waals surface area contributed by atoms with Crippen LogP contribution in [-0.4, -0.2) is 59.8 Å². The van der Waals surface area contributed by atoms with Crippen LogP contribution >= 0.6 is 0 Å². The molecule has 5 rings (SSSR count). The van der Waals surface area contributed by atoms with E-state index in [1.807, 2.05) is 66.5 Å². The molecule has 1 atom stereocenters. The molecule has 3 aromatic rings. The summed E-state index contributed by atoms with van der Waals surface area (Å²) in [5.74, 6) is -1.55. The molecule has 0 saturated heterocycles. The smallest absolute Gasteiger partial charge is 0.407 e. The van der Waals surface area contributed by atoms with Gasteiger partial charge in [-0.15, -0.1) is 0 Å². The summed E-state index contributed by atoms with van der Waals surface area (Å²) in [6.45, 7) is 0.910. The highest BCUT2D eigenvalue weighted by molar-refractivity contribution is 5.85. The Bertz CT molecular complexity index is 1340. The van der Waals surface area contributed by atoms with Crippen molar-refractivity contribution in [1.82, 2.24) is 15.5 Å². The Morgan fingerprint density at radius 2 is 1.51 bits per heavy atom. The first kappa shape index (κ1) is 28.4. The van der Waals surface area contributed by atoms with E-state index in [0.29, 0.717) is 19.4 Å². The summed E-state index contributed by atoms with van der Waals surface area (Å²) in [7, 11) is 1.83. The minimum Gasteiger partial charge on any atom is -0.480 e. The zero-order valence-electron chi connectivity index (χ0n) is 23.3. The van der Waals surface area contributed by atoms with Gasteiger partial charge in [0.15, 0.2) is 0 Å². The fraction of sp³-hybridized carbons (Fsp3) is 0.364. The molecule has 3 aromatic carbocycles. The predicted molar refractivity (Wildman–Crippen MR) is 156 cm³/mol. The van der Waals surface area contributed by atoms with Crippen LogP contribution in [0.3, 0.4) is 0 Å². The highest BCUT2D eigenvalue weighted by atomic mass is 16.5. The first-order chi connectivity index (χ1) is 19.8. The van der Waals surface area contributed by atoms with Crippen molar-refractivity contribution in [3.8, 4) is 11.1 Å². The van der Waals surface area contributed by atoms with E-state index >= 15 is 0 Å². The van der Waals surface area contributed by atoms with Crippen molar-refractivity contribution in [3.05, 3.63) is 95.6 Å². The number of nitrogens with one attached hydrogen (secondary N) is 2. The maximum atomic E-state index is 13.1. The normalized spacial score (nSPS) is 16.0. The number of carboxylic acid groups (broad SMARTS) is 1. The van der Waals surface area contributed by atoms with E-state index in [9.17, 15) is 19.5 Å². The molecule has 0 aliphatic heterocycles. The molecule has 3 N–H and O–H groups in total. The van der Waals surface area contributed by atoms with Crippen LogP contribution in [0.15, 0.2) is 78.9 Å². The quantitative estimate of drug-likeness (QED) is 0.310. The molecule has 0 bridgehead atoms. The van der Waals surface area contributed by atoms with Crippen LogP contribution in [0.25, 0.3) is 11.1 Å². The number of likely N-dealkylation sites (N-methyl/N-ethyl adjacent to an activating group) is 1. The first-order valence-corrected chi connectivity index (χ1v) is 14.2. The Morgan fingerprint density at radius 3 is 2.12 bits per heavy atom. The lowest BCUT2D eigenvalue weighted by Crippen LogP contribution is -2.53. The molecule has 1 unspecified atom stereocenters. The largest absolute Gasteiger partial charge is 0.480 e. The number of hydrogen-bond donors (Lipinski definition) is 3. The number of carbonyl (C=O) groups is 3. The van der Waals surface area contributed by atoms with E-state index in [0.717, 1.165) is 40.7 Å². The van der Waals surface area contributed by atoms with Gasteiger partial charge < -0.3 is 20.5 Å². The van der Waals surface area contributed by atoms with Gasteiger partial charge in [-0.05, 0) is 47.7 Å². The van der Waals surface area contributed by atoms with Gasteiger partial charge in [0.1, 0.15) is 12.6 Å². The van der Waals surface area contributed by atoms with Crippen molar-refractivity contribution in [3.63, 3.8) is 0 Å². The molecule has 1 fully saturated rings. The van der Waals surface area contributed by atoms with E-state index in [1.54, 1.807) is 0 Å². The number of benzene rings is 3. The summed E-state index contributed by atoms with van der Waals surface area (Å²) in [6.07, 6.45) is 2.47. The third-order valence-corrected chi connectivity index (χ3v) is 8.19. The van der Waals surface area contributed by atoms with E-state index in [1.165, 1.54) is 0 Å². The van der Waals surface area contributed by atoms with Crippen LogP contribution in [0, 0.1) is 0 Å². The molecule has 1 saturated carbocycles. The lowest BCUT2D eigenvalue weighted by molar-refractivity contribution is -0.142. The van der Waals surface area contributed by atoms with Crippen molar-refractivity contribution in [2.24, 2.45) is 0 Å². The summed E-state index contributed by atoms with van der Waals surface area (Å²) >= 11 is 0. The molecule has 2 amide bonds. The van der Waals surface area contributed by atoms with Crippen molar-refractivity contribution < 1.29 is 24.2 Å². The predicted octanol–water partition coefficient (Wildman–Crippen LogP) is 4.93. The second-order valence-corrected chi connectivity index (χ2v) is 11.3. The van der Waals surface area contributed by atoms with Crippen LogP contribution in [0.1, 0.15) is 54.7 Å². The molecule has 0 aromatic heterocycles. The number of fused-ring (bicyclic) bond motifs is 3. The van der Waals surface area contributed by atoms with Crippen LogP contribution in [-0.2, 0) is 20.9 Å². The van der Waals surface area contributed by atoms with Gasteiger partial charge in [0.25, 0.3) is 0 Å². The maximum absolute atomic E-state index is 13.1. The number of amides is 2. The van der Waals surface area contributed by atoms with Crippen molar-refractivity contribution in [2.45, 2.75) is 56.1 Å². The topological polar surface area (TPSA) is 108 Å². The van der Waals surface area contributed by atoms with Gasteiger partial charge in [-0.2, -0.15) is 0 Å². The van der Waals surface area contributed by atoms with Gasteiger partial charge in [-0.1, -0.05) is 91.7 Å². The highest BCUT2D eigenvalue weighted by Gasteiger charge is 2.39. The number of alkyl carbamates (subject to hydrolysis) is 1. The number of carbonyl (C=O) groups excluding carboxylic acids is 2. The summed E-state index contributed by atoms with van der Waals surface area (Å²) in [5.41, 5.74) is 4.88. The first-order valence-electron chi connectivity index (χ1n) is 14.2. The summed E-state index contributed by atoms with van der Waals surface area (Å²) in [5, 5.41) is 15.5. The van der Waals surface area contributed by atoms with Gasteiger partial charge in [0, 0.05) is 25.4 Å². The van der Waals surface area contributed by atoms with Crippen molar-refractivity contribution in [2.75, 3.05) is 20.2 Å². The van der Waals surface area contributed by atoms with E-state index < -0.39 is 29.6 Å². The minimum atomic E-state index is -1.09. The summed E-state index contributed by atoms with van der Waals surface area (Å²) in [6, 6.07) is 25.0. The van der Waals surface area contributed by atoms with Gasteiger partial charge in [0.05, 0.1) is 5.54 Å². The number of hydrogen-bond acceptors (Lipinski definition) is 5. The van der Waals surface area contributed by atoms with Crippen molar-refractivity contribution in [1.29, 1.82) is 0 Å². The van der Waals surface area contributed by atoms with Gasteiger partial charge in [0.2, 0.25) is 5.91 Å². The van der Waals surface area contributed by atoms with Gasteiger partial charge >= 0.3 is 12.1 Å². The lowest BCUT2D eigenvalue weighted by atomic mass is 9.92. The summed E-state index contributed by atoms with van der Waals surface area (Å²) < 4.78 is 5.75. The summed E-state index contributed by atoms with van der Waals surface area (Å²) in [4.78, 5) is 40.0. The average molecular weight is 556 g/mol. The zero-order valence-corrected chi connectivity index (χ0v) is 23.3. The molecule has 0 radical (unpaired) electrons. The number of aliphatic carboxylic acids is 1. The number of rotatable bonds is 11. The zero-order chi connectivity index (χ0) is 28.8. The molecular formula is C33H37N3O5. The molecule has 2 aliphatic carbocycles. The average Bonchev–Trinajstić information content (AvgIpc) is 3.54. The maximum Gasteiger partial charge on any atom is 0.407 e. The van der Waals surface area contributed by atoms with Gasteiger partial charge in [-0.3, -0.25) is 9.69 Å². The lowest BCUT2D eigenvalue weighted by Gasteiger charge is -2.30. The van der Waals surface area contributed by atoms with E-state index in [-0.39, 0.29) is 25.5 Å². The highest BCUT2D eigenvalue weighted by Crippen LogP contribution is 2.44. The molecule has 214 valence electrons. The molecule has 8 nitrogen and oxygen atoms in total. The van der Waals surface area contributed by atoms with E-state index in [4.69, 9.17) is 4.74 Å². The molecule has 41 heavy (non-hydrogen) atoms. The molecular weight excluding hydrogens is 518 g/mol. The minimum absolute atomic E-state index is 0.00335. The third kappa shape index (κ3) is 6.77. The Hall–Kier alpha value is -4.17. The Kier molecular flexibility index (Phi) is 8.69.